The summed E-state index contributed by atoms with van der Waals surface area (Å²) >= 11 is 3.14. The average molecular weight is 591 g/mol. The number of amides is 2. The van der Waals surface area contributed by atoms with E-state index >= 15 is 0 Å². The van der Waals surface area contributed by atoms with Gasteiger partial charge in [-0.05, 0) is 43.9 Å². The van der Waals surface area contributed by atoms with E-state index in [0.29, 0.717) is 36.8 Å². The molecule has 5 rings (SSSR count). The predicted octanol–water partition coefficient (Wildman–Crippen LogP) is 5.45. The largest absolute Gasteiger partial charge is 0.493 e. The molecule has 1 aliphatic heterocycles. The van der Waals surface area contributed by atoms with Crippen molar-refractivity contribution in [3.63, 3.8) is 0 Å². The maximum absolute atomic E-state index is 13.8. The topological polar surface area (TPSA) is 93.7 Å². The number of carbonyl (C=O) groups excluding carboxylic acids is 2. The molecule has 0 spiro atoms. The van der Waals surface area contributed by atoms with Crippen LogP contribution in [0.5, 0.6) is 11.5 Å². The van der Waals surface area contributed by atoms with Crippen LogP contribution < -0.4 is 14.8 Å². The summed E-state index contributed by atoms with van der Waals surface area (Å²) in [5, 5.41) is 5.78. The number of aromatic nitrogens is 2. The van der Waals surface area contributed by atoms with Gasteiger partial charge in [0, 0.05) is 35.3 Å². The van der Waals surface area contributed by atoms with Crippen molar-refractivity contribution in [1.29, 1.82) is 0 Å². The summed E-state index contributed by atoms with van der Waals surface area (Å²) in [6.45, 7) is 3.41. The van der Waals surface area contributed by atoms with Gasteiger partial charge in [-0.3, -0.25) is 9.59 Å². The number of aryl methyl sites for hydroxylation is 1. The molecule has 214 valence electrons. The van der Waals surface area contributed by atoms with Gasteiger partial charge >= 0.3 is 0 Å². The van der Waals surface area contributed by atoms with Crippen molar-refractivity contribution < 1.29 is 19.1 Å². The van der Waals surface area contributed by atoms with Gasteiger partial charge < -0.3 is 19.7 Å². The molecule has 8 nitrogen and oxygen atoms in total. The second-order valence-corrected chi connectivity index (χ2v) is 11.8. The van der Waals surface area contributed by atoms with Gasteiger partial charge in [0.15, 0.2) is 11.5 Å². The lowest BCUT2D eigenvalue weighted by molar-refractivity contribution is -0.140. The number of hydrogen-bond acceptors (Lipinski definition) is 8. The van der Waals surface area contributed by atoms with Crippen LogP contribution in [-0.2, 0) is 29.0 Å². The van der Waals surface area contributed by atoms with E-state index in [1.807, 2.05) is 66.3 Å². The molecule has 1 saturated heterocycles. The van der Waals surface area contributed by atoms with Crippen LogP contribution in [0.1, 0.15) is 41.1 Å². The minimum Gasteiger partial charge on any atom is -0.493 e. The third-order valence-electron chi connectivity index (χ3n) is 7.12. The van der Waals surface area contributed by atoms with Gasteiger partial charge in [-0.2, -0.15) is 0 Å². The molecule has 41 heavy (non-hydrogen) atoms. The number of thiazole rings is 2. The zero-order chi connectivity index (χ0) is 28.6. The molecule has 1 atom stereocenters. The van der Waals surface area contributed by atoms with Crippen molar-refractivity contribution in [1.82, 2.24) is 20.2 Å². The molecule has 1 aliphatic rings. The Bertz CT molecular complexity index is 1470. The summed E-state index contributed by atoms with van der Waals surface area (Å²) in [5.74, 6) is 0.994. The third-order valence-corrected chi connectivity index (χ3v) is 9.06. The van der Waals surface area contributed by atoms with Crippen LogP contribution in [0.2, 0.25) is 0 Å². The molecule has 1 N–H and O–H groups in total. The standard InChI is InChI=1S/C31H34N4O4S2/c1-21-28(41-20-33-21)13-15-39-26-12-11-22(16-27(26)38-2)18-35(25-10-6-7-14-32-30(25)37)29(36)17-24-19-40-31(34-24)23-8-4-3-5-9-23/h3-5,8-9,11-12,16,19-20,25H,6-7,10,13-15,17-18H2,1-2H3,(H,32,37)/t25-/m0/s1. The smallest absolute Gasteiger partial charge is 0.242 e. The minimum atomic E-state index is -0.540. The highest BCUT2D eigenvalue weighted by molar-refractivity contribution is 7.13. The van der Waals surface area contributed by atoms with Gasteiger partial charge in [0.05, 0.1) is 37.0 Å². The fourth-order valence-corrected chi connectivity index (χ4v) is 6.49. The second-order valence-electron chi connectivity index (χ2n) is 9.96. The summed E-state index contributed by atoms with van der Waals surface area (Å²) in [7, 11) is 1.60. The predicted molar refractivity (Wildman–Crippen MR) is 161 cm³/mol. The molecule has 0 aliphatic carbocycles. The van der Waals surface area contributed by atoms with Gasteiger partial charge in [0.25, 0.3) is 0 Å². The molecule has 4 aromatic rings. The number of methoxy groups -OCH3 is 1. The van der Waals surface area contributed by atoms with Crippen LogP contribution >= 0.6 is 22.7 Å². The third kappa shape index (κ3) is 7.31. The maximum atomic E-state index is 13.8. The van der Waals surface area contributed by atoms with E-state index in [0.717, 1.165) is 41.1 Å². The molecule has 0 bridgehead atoms. The lowest BCUT2D eigenvalue weighted by atomic mass is 10.1. The summed E-state index contributed by atoms with van der Waals surface area (Å²) in [5.41, 5.74) is 5.46. The SMILES string of the molecule is COc1cc(CN(C(=O)Cc2csc(-c3ccccc3)n2)[C@H]2CCCCNC2=O)ccc1OCCc1scnc1C. The molecular formula is C31H34N4O4S2. The zero-order valence-electron chi connectivity index (χ0n) is 23.3. The first kappa shape index (κ1) is 28.8. The Morgan fingerprint density at radius 1 is 1.12 bits per heavy atom. The van der Waals surface area contributed by atoms with Crippen molar-refractivity contribution in [2.75, 3.05) is 20.3 Å². The first-order valence-corrected chi connectivity index (χ1v) is 15.5. The summed E-state index contributed by atoms with van der Waals surface area (Å²) in [4.78, 5) is 38.7. The van der Waals surface area contributed by atoms with Gasteiger partial charge in [-0.15, -0.1) is 22.7 Å². The average Bonchev–Trinajstić information content (AvgIpc) is 3.57. The number of rotatable bonds is 11. The Morgan fingerprint density at radius 3 is 2.76 bits per heavy atom. The van der Waals surface area contributed by atoms with Crippen LogP contribution in [0, 0.1) is 6.92 Å². The summed E-state index contributed by atoms with van der Waals surface area (Å²) in [6, 6.07) is 15.1. The lowest BCUT2D eigenvalue weighted by Gasteiger charge is -2.30. The zero-order valence-corrected chi connectivity index (χ0v) is 24.9. The van der Waals surface area contributed by atoms with Gasteiger partial charge in [-0.1, -0.05) is 36.4 Å². The molecule has 0 saturated carbocycles. The van der Waals surface area contributed by atoms with Crippen LogP contribution in [0.15, 0.2) is 59.4 Å². The van der Waals surface area contributed by atoms with Crippen LogP contribution in [0.4, 0.5) is 0 Å². The quantitative estimate of drug-likeness (QED) is 0.250. The first-order chi connectivity index (χ1) is 20.0. The second kappa shape index (κ2) is 13.7. The Morgan fingerprint density at radius 2 is 1.98 bits per heavy atom. The number of hydrogen-bond donors (Lipinski definition) is 1. The number of nitrogens with zero attached hydrogens (tertiary/aromatic N) is 3. The fraction of sp³-hybridized carbons (Fsp3) is 0.355. The van der Waals surface area contributed by atoms with Crippen molar-refractivity contribution >= 4 is 34.5 Å². The van der Waals surface area contributed by atoms with E-state index < -0.39 is 6.04 Å². The van der Waals surface area contributed by atoms with E-state index in [2.05, 4.69) is 10.3 Å². The van der Waals surface area contributed by atoms with E-state index in [1.165, 1.54) is 16.2 Å². The van der Waals surface area contributed by atoms with Crippen LogP contribution in [0.3, 0.4) is 0 Å². The lowest BCUT2D eigenvalue weighted by Crippen LogP contribution is -2.48. The summed E-state index contributed by atoms with van der Waals surface area (Å²) in [6.07, 6.45) is 3.29. The van der Waals surface area contributed by atoms with Gasteiger partial charge in [0.1, 0.15) is 11.0 Å². The van der Waals surface area contributed by atoms with Crippen molar-refractivity contribution in [3.8, 4) is 22.1 Å². The number of carbonyl (C=O) groups is 2. The van der Waals surface area contributed by atoms with Crippen LogP contribution in [0.25, 0.3) is 10.6 Å². The van der Waals surface area contributed by atoms with E-state index in [1.54, 1.807) is 23.3 Å². The molecule has 1 fully saturated rings. The number of ether oxygens (including phenoxy) is 2. The van der Waals surface area contributed by atoms with Crippen LogP contribution in [-0.4, -0.2) is 53.0 Å². The molecule has 2 amide bonds. The first-order valence-electron chi connectivity index (χ1n) is 13.8. The molecule has 10 heteroatoms. The van der Waals surface area contributed by atoms with Crippen molar-refractivity contribution in [2.45, 2.75) is 51.6 Å². The highest BCUT2D eigenvalue weighted by atomic mass is 32.1. The monoisotopic (exact) mass is 590 g/mol. The Kier molecular flexibility index (Phi) is 9.63. The molecule has 0 unspecified atom stereocenters. The van der Waals surface area contributed by atoms with E-state index in [-0.39, 0.29) is 24.8 Å². The Labute approximate surface area is 248 Å². The maximum Gasteiger partial charge on any atom is 0.242 e. The molecule has 3 heterocycles. The van der Waals surface area contributed by atoms with Gasteiger partial charge in [0.2, 0.25) is 11.8 Å². The highest BCUT2D eigenvalue weighted by Gasteiger charge is 2.31. The number of benzene rings is 2. The van der Waals surface area contributed by atoms with Crippen molar-refractivity contribution in [3.05, 3.63) is 81.2 Å². The van der Waals surface area contributed by atoms with Gasteiger partial charge in [-0.25, -0.2) is 9.97 Å². The minimum absolute atomic E-state index is 0.107. The molecular weight excluding hydrogens is 556 g/mol. The highest BCUT2D eigenvalue weighted by Crippen LogP contribution is 2.30. The fourth-order valence-electron chi connectivity index (χ4n) is 4.90. The van der Waals surface area contributed by atoms with E-state index in [4.69, 9.17) is 14.5 Å². The Hall–Kier alpha value is -3.76. The Balaban J connectivity index is 1.32. The molecule has 2 aromatic heterocycles. The molecule has 0 radical (unpaired) electrons. The summed E-state index contributed by atoms with van der Waals surface area (Å²) < 4.78 is 11.7. The number of nitrogens with one attached hydrogen (secondary N) is 1. The molecule has 2 aromatic carbocycles. The van der Waals surface area contributed by atoms with Crippen molar-refractivity contribution in [2.24, 2.45) is 0 Å². The van der Waals surface area contributed by atoms with E-state index in [9.17, 15) is 9.59 Å². The normalized spacial score (nSPS) is 15.2.